The van der Waals surface area contributed by atoms with E-state index >= 15 is 0 Å². The first-order valence-corrected chi connectivity index (χ1v) is 20.8. The smallest absolute Gasteiger partial charge is 0.192 e. The topological polar surface area (TPSA) is 105 Å². The van der Waals surface area contributed by atoms with Gasteiger partial charge in [0.1, 0.15) is 18.5 Å². The number of hydrogen-bond acceptors (Lipinski definition) is 9. The van der Waals surface area contributed by atoms with Crippen LogP contribution in [0.4, 0.5) is 0 Å². The zero-order valence-corrected chi connectivity index (χ0v) is 33.8. The number of rotatable bonds is 14. The lowest BCUT2D eigenvalue weighted by Gasteiger charge is -2.64. The Bertz CT molecular complexity index is 1630. The molecule has 9 heteroatoms. The molecule has 1 saturated heterocycles. The molecule has 0 amide bonds. The molecule has 0 spiro atoms. The SMILES string of the molecule is CCOCOC12CC=C(c3ccc4ccccc4c3)[C@@]1(C)CC[C@H]1[C@H]2CC[C@@H]2C[C@@H](O[C@@H]3O[C@@H](C)[C@@](O)(COCC)[C@@H](OC)[C@@]3(O)COCC)CC[C@@]21C. The Labute approximate surface area is 323 Å². The third-order valence-electron chi connectivity index (χ3n) is 15.0. The van der Waals surface area contributed by atoms with E-state index in [1.807, 2.05) is 20.8 Å². The zero-order chi connectivity index (χ0) is 38.4. The molecule has 4 fully saturated rings. The van der Waals surface area contributed by atoms with Crippen LogP contribution in [0.5, 0.6) is 0 Å². The summed E-state index contributed by atoms with van der Waals surface area (Å²) < 4.78 is 43.6. The van der Waals surface area contributed by atoms with Crippen molar-refractivity contribution < 1.29 is 43.4 Å². The molecule has 12 atom stereocenters. The highest BCUT2D eigenvalue weighted by Gasteiger charge is 2.68. The molecule has 2 aromatic rings. The quantitative estimate of drug-likeness (QED) is 0.114. The molecule has 54 heavy (non-hydrogen) atoms. The summed E-state index contributed by atoms with van der Waals surface area (Å²) in [4.78, 5) is 0. The molecule has 2 N–H and O–H groups in total. The van der Waals surface area contributed by atoms with Gasteiger partial charge in [-0.1, -0.05) is 56.3 Å². The maximum absolute atomic E-state index is 12.3. The maximum atomic E-state index is 12.3. The first-order chi connectivity index (χ1) is 25.9. The number of fused-ring (bicyclic) bond motifs is 6. The normalized spacial score (nSPS) is 41.9. The van der Waals surface area contributed by atoms with Crippen LogP contribution >= 0.6 is 0 Å². The fourth-order valence-electron chi connectivity index (χ4n) is 12.0. The van der Waals surface area contributed by atoms with Crippen molar-refractivity contribution in [3.63, 3.8) is 0 Å². The van der Waals surface area contributed by atoms with Crippen molar-refractivity contribution in [1.29, 1.82) is 0 Å². The molecular formula is C45H66O9. The van der Waals surface area contributed by atoms with E-state index in [-0.39, 0.29) is 35.7 Å². The maximum Gasteiger partial charge on any atom is 0.192 e. The van der Waals surface area contributed by atoms with Gasteiger partial charge in [0.25, 0.3) is 0 Å². The monoisotopic (exact) mass is 750 g/mol. The Balaban J connectivity index is 1.11. The van der Waals surface area contributed by atoms with E-state index in [0.29, 0.717) is 44.4 Å². The van der Waals surface area contributed by atoms with E-state index in [9.17, 15) is 10.2 Å². The van der Waals surface area contributed by atoms with Crippen molar-refractivity contribution in [2.75, 3.05) is 46.9 Å². The highest BCUT2D eigenvalue weighted by molar-refractivity contribution is 5.87. The number of ether oxygens (including phenoxy) is 7. The summed E-state index contributed by atoms with van der Waals surface area (Å²) in [6, 6.07) is 15.6. The molecular weight excluding hydrogens is 684 g/mol. The van der Waals surface area contributed by atoms with E-state index in [0.717, 1.165) is 51.4 Å². The Hall–Kier alpha value is -1.92. The highest BCUT2D eigenvalue weighted by Crippen LogP contribution is 2.70. The van der Waals surface area contributed by atoms with Gasteiger partial charge in [-0.2, -0.15) is 0 Å². The predicted octanol–water partition coefficient (Wildman–Crippen LogP) is 7.69. The molecule has 3 saturated carbocycles. The first-order valence-electron chi connectivity index (χ1n) is 20.8. The van der Waals surface area contributed by atoms with E-state index in [1.54, 1.807) is 6.92 Å². The molecule has 4 aliphatic carbocycles. The lowest BCUT2D eigenvalue weighted by atomic mass is 9.43. The molecule has 5 aliphatic rings. The molecule has 1 heterocycles. The molecule has 2 aromatic carbocycles. The average molecular weight is 751 g/mol. The molecule has 1 unspecified atom stereocenters. The molecule has 300 valence electrons. The van der Waals surface area contributed by atoms with E-state index in [1.165, 1.54) is 29.0 Å². The third-order valence-corrected chi connectivity index (χ3v) is 15.0. The number of methoxy groups -OCH3 is 1. The Morgan fingerprint density at radius 3 is 2.26 bits per heavy atom. The van der Waals surface area contributed by atoms with Gasteiger partial charge in [0.05, 0.1) is 31.0 Å². The lowest BCUT2D eigenvalue weighted by molar-refractivity contribution is -0.386. The summed E-state index contributed by atoms with van der Waals surface area (Å²) in [7, 11) is 1.50. The largest absolute Gasteiger partial charge is 0.382 e. The van der Waals surface area contributed by atoms with E-state index in [4.69, 9.17) is 33.2 Å². The second-order valence-electron chi connectivity index (χ2n) is 17.4. The van der Waals surface area contributed by atoms with Gasteiger partial charge in [0.2, 0.25) is 0 Å². The van der Waals surface area contributed by atoms with Crippen molar-refractivity contribution in [2.24, 2.45) is 28.6 Å². The summed E-state index contributed by atoms with van der Waals surface area (Å²) >= 11 is 0. The van der Waals surface area contributed by atoms with Crippen LogP contribution in [0.15, 0.2) is 48.5 Å². The van der Waals surface area contributed by atoms with Gasteiger partial charge in [0.15, 0.2) is 11.9 Å². The number of benzene rings is 2. The lowest BCUT2D eigenvalue weighted by Crippen LogP contribution is -2.75. The van der Waals surface area contributed by atoms with Gasteiger partial charge >= 0.3 is 0 Å². The highest BCUT2D eigenvalue weighted by atomic mass is 16.7. The summed E-state index contributed by atoms with van der Waals surface area (Å²) in [6.07, 6.45) is 7.74. The number of aliphatic hydroxyl groups is 2. The van der Waals surface area contributed by atoms with Crippen molar-refractivity contribution in [3.8, 4) is 0 Å². The molecule has 9 nitrogen and oxygen atoms in total. The minimum Gasteiger partial charge on any atom is -0.382 e. The second kappa shape index (κ2) is 15.8. The summed E-state index contributed by atoms with van der Waals surface area (Å²) in [6.45, 7) is 14.2. The number of hydrogen-bond donors (Lipinski definition) is 2. The van der Waals surface area contributed by atoms with Crippen LogP contribution in [-0.4, -0.2) is 98.6 Å². The van der Waals surface area contributed by atoms with Gasteiger partial charge in [-0.15, -0.1) is 0 Å². The predicted molar refractivity (Wildman–Crippen MR) is 209 cm³/mol. The summed E-state index contributed by atoms with van der Waals surface area (Å²) in [5.41, 5.74) is -0.910. The van der Waals surface area contributed by atoms with Gasteiger partial charge in [-0.05, 0) is 130 Å². The Morgan fingerprint density at radius 1 is 0.815 bits per heavy atom. The zero-order valence-electron chi connectivity index (χ0n) is 33.8. The van der Waals surface area contributed by atoms with Crippen LogP contribution in [0.2, 0.25) is 0 Å². The van der Waals surface area contributed by atoms with Crippen LogP contribution in [0.1, 0.15) is 98.5 Å². The van der Waals surface area contributed by atoms with Crippen LogP contribution in [0.3, 0.4) is 0 Å². The molecule has 1 aliphatic heterocycles. The van der Waals surface area contributed by atoms with Crippen LogP contribution < -0.4 is 0 Å². The van der Waals surface area contributed by atoms with Gasteiger partial charge in [0, 0.05) is 32.3 Å². The standard InChI is InChI=1S/C45H66O9/c1-8-49-27-43(46)30(4)53-40(44(47,28-50-9-2)39(43)48-7)54-35-19-22-41(5)34(26-35)17-18-38-37(41)20-23-42(6)36(21-24-45(38,42)52-29-51-10-3)33-16-15-31-13-11-12-14-32(31)25-33/h11-16,21,25,30,34-35,37-40,46-47H,8-10,17-20,22-24,26-29H2,1-7H3/t30-,34+,35-,37-,38+,39+,40-,41-,42+,43-,44-,45?/m0/s1. The van der Waals surface area contributed by atoms with Crippen LogP contribution in [-0.2, 0) is 33.2 Å². The molecule has 0 aromatic heterocycles. The van der Waals surface area contributed by atoms with Crippen molar-refractivity contribution in [1.82, 2.24) is 0 Å². The minimum atomic E-state index is -1.74. The fraction of sp³-hybridized carbons (Fsp3) is 0.733. The molecule has 0 radical (unpaired) electrons. The molecule has 7 rings (SSSR count). The van der Waals surface area contributed by atoms with Gasteiger partial charge in [-0.3, -0.25) is 0 Å². The first kappa shape index (κ1) is 40.3. The summed E-state index contributed by atoms with van der Waals surface area (Å²) in [5.74, 6) is 1.40. The Morgan fingerprint density at radius 2 is 1.54 bits per heavy atom. The average Bonchev–Trinajstić information content (AvgIpc) is 3.48. The molecule has 0 bridgehead atoms. The van der Waals surface area contributed by atoms with Crippen molar-refractivity contribution in [2.45, 2.75) is 134 Å². The van der Waals surface area contributed by atoms with Crippen molar-refractivity contribution in [3.05, 3.63) is 54.1 Å². The van der Waals surface area contributed by atoms with Gasteiger partial charge < -0.3 is 43.4 Å². The second-order valence-corrected chi connectivity index (χ2v) is 17.4. The van der Waals surface area contributed by atoms with E-state index in [2.05, 4.69) is 62.4 Å². The van der Waals surface area contributed by atoms with E-state index < -0.39 is 29.7 Å². The fourth-order valence-corrected chi connectivity index (χ4v) is 12.0. The third kappa shape index (κ3) is 6.51. The van der Waals surface area contributed by atoms with Gasteiger partial charge in [-0.25, -0.2) is 0 Å². The summed E-state index contributed by atoms with van der Waals surface area (Å²) in [5, 5.41) is 26.6. The minimum absolute atomic E-state index is 0.0369. The van der Waals surface area contributed by atoms with Crippen LogP contribution in [0, 0.1) is 28.6 Å². The van der Waals surface area contributed by atoms with Crippen molar-refractivity contribution >= 4 is 16.3 Å². The Kier molecular flexibility index (Phi) is 11.8. The van der Waals surface area contributed by atoms with Crippen LogP contribution in [0.25, 0.3) is 16.3 Å².